The molecule has 0 aliphatic rings. The van der Waals surface area contributed by atoms with Crippen LogP contribution in [0.5, 0.6) is 0 Å². The number of nitrogens with one attached hydrogen (secondary N) is 1. The fourth-order valence-electron chi connectivity index (χ4n) is 1.35. The maximum Gasteiger partial charge on any atom is 0.310 e. The third kappa shape index (κ3) is 3.27. The Kier molecular flexibility index (Phi) is 4.20. The minimum atomic E-state index is -0.256. The van der Waals surface area contributed by atoms with Gasteiger partial charge in [0.05, 0.1) is 7.11 Å². The second-order valence-electron chi connectivity index (χ2n) is 3.80. The molecule has 0 heterocycles. The van der Waals surface area contributed by atoms with E-state index in [0.717, 1.165) is 5.56 Å². The first-order valence-electron chi connectivity index (χ1n) is 5.10. The fraction of sp³-hybridized carbons (Fsp3) is 0.333. The van der Waals surface area contributed by atoms with Gasteiger partial charge in [-0.15, -0.1) is 0 Å². The molecule has 0 radical (unpaired) electrons. The van der Waals surface area contributed by atoms with Gasteiger partial charge in [0.25, 0.3) is 0 Å². The second kappa shape index (κ2) is 5.43. The van der Waals surface area contributed by atoms with E-state index in [2.05, 4.69) is 4.99 Å². The molecule has 0 spiro atoms. The zero-order valence-electron chi connectivity index (χ0n) is 10.4. The SMILES string of the molecule is COC(=N)N=C(c1ccc(F)c(C)c1)N(C)C. The topological polar surface area (TPSA) is 48.7 Å². The number of ether oxygens (including phenoxy) is 1. The molecule has 5 heteroatoms. The van der Waals surface area contributed by atoms with Gasteiger partial charge in [0.1, 0.15) is 11.7 Å². The standard InChI is InChI=1S/C12H16FN3O/c1-8-7-9(5-6-10(8)13)11(16(2)3)15-12(14)17-4/h5-7,14H,1-4H3. The summed E-state index contributed by atoms with van der Waals surface area (Å²) in [5.74, 6) is 0.300. The van der Waals surface area contributed by atoms with Crippen LogP contribution < -0.4 is 0 Å². The van der Waals surface area contributed by atoms with Gasteiger partial charge in [0.15, 0.2) is 0 Å². The predicted octanol–water partition coefficient (Wildman–Crippen LogP) is 2.02. The lowest BCUT2D eigenvalue weighted by Crippen LogP contribution is -2.24. The molecule has 0 bridgehead atoms. The van der Waals surface area contributed by atoms with Crippen molar-refractivity contribution in [2.75, 3.05) is 21.2 Å². The van der Waals surface area contributed by atoms with Gasteiger partial charge in [0.2, 0.25) is 0 Å². The van der Waals surface area contributed by atoms with Crippen LogP contribution in [-0.4, -0.2) is 38.0 Å². The summed E-state index contributed by atoms with van der Waals surface area (Å²) in [6.07, 6.45) is 0. The van der Waals surface area contributed by atoms with Crippen molar-refractivity contribution < 1.29 is 9.13 Å². The van der Waals surface area contributed by atoms with E-state index in [-0.39, 0.29) is 11.8 Å². The number of benzene rings is 1. The first-order valence-corrected chi connectivity index (χ1v) is 5.10. The van der Waals surface area contributed by atoms with Crippen LogP contribution in [0.3, 0.4) is 0 Å². The maximum atomic E-state index is 13.2. The Hall–Kier alpha value is -1.91. The number of methoxy groups -OCH3 is 1. The van der Waals surface area contributed by atoms with Gasteiger partial charge in [-0.05, 0) is 30.7 Å². The lowest BCUT2D eigenvalue weighted by atomic mass is 10.1. The van der Waals surface area contributed by atoms with E-state index in [4.69, 9.17) is 10.1 Å². The van der Waals surface area contributed by atoms with Crippen molar-refractivity contribution in [3.63, 3.8) is 0 Å². The molecule has 0 fully saturated rings. The molecule has 17 heavy (non-hydrogen) atoms. The van der Waals surface area contributed by atoms with Crippen molar-refractivity contribution in [3.05, 3.63) is 35.1 Å². The van der Waals surface area contributed by atoms with E-state index in [1.54, 1.807) is 38.1 Å². The summed E-state index contributed by atoms with van der Waals surface area (Å²) in [5, 5.41) is 7.40. The molecule has 1 N–H and O–H groups in total. The summed E-state index contributed by atoms with van der Waals surface area (Å²) < 4.78 is 17.9. The molecule has 0 aromatic heterocycles. The molecule has 0 saturated heterocycles. The third-order valence-electron chi connectivity index (χ3n) is 2.24. The van der Waals surface area contributed by atoms with Gasteiger partial charge in [-0.2, -0.15) is 4.99 Å². The quantitative estimate of drug-likeness (QED) is 0.600. The summed E-state index contributed by atoms with van der Waals surface area (Å²) >= 11 is 0. The highest BCUT2D eigenvalue weighted by atomic mass is 19.1. The first-order chi connectivity index (χ1) is 7.95. The highest BCUT2D eigenvalue weighted by Crippen LogP contribution is 2.11. The molecule has 1 rings (SSSR count). The van der Waals surface area contributed by atoms with E-state index >= 15 is 0 Å². The van der Waals surface area contributed by atoms with Crippen LogP contribution in [0.15, 0.2) is 23.2 Å². The smallest absolute Gasteiger partial charge is 0.310 e. The van der Waals surface area contributed by atoms with E-state index in [1.807, 2.05) is 0 Å². The van der Waals surface area contributed by atoms with Crippen LogP contribution in [-0.2, 0) is 4.74 Å². The fourth-order valence-corrected chi connectivity index (χ4v) is 1.35. The Morgan fingerprint density at radius 1 is 1.41 bits per heavy atom. The molecule has 0 saturated carbocycles. The monoisotopic (exact) mass is 237 g/mol. The Morgan fingerprint density at radius 3 is 2.53 bits per heavy atom. The van der Waals surface area contributed by atoms with Crippen LogP contribution in [0.1, 0.15) is 11.1 Å². The van der Waals surface area contributed by atoms with E-state index < -0.39 is 0 Å². The average Bonchev–Trinajstić information content (AvgIpc) is 2.29. The molecule has 4 nitrogen and oxygen atoms in total. The van der Waals surface area contributed by atoms with Crippen molar-refractivity contribution in [2.24, 2.45) is 4.99 Å². The minimum Gasteiger partial charge on any atom is -0.467 e. The Labute approximate surface area is 100 Å². The lowest BCUT2D eigenvalue weighted by molar-refractivity contribution is 0.392. The van der Waals surface area contributed by atoms with Crippen LogP contribution in [0, 0.1) is 18.2 Å². The normalized spacial score (nSPS) is 11.2. The number of aliphatic imine (C=N–C) groups is 1. The maximum absolute atomic E-state index is 13.2. The van der Waals surface area contributed by atoms with Crippen molar-refractivity contribution in [1.29, 1.82) is 5.41 Å². The van der Waals surface area contributed by atoms with Gasteiger partial charge < -0.3 is 9.64 Å². The van der Waals surface area contributed by atoms with Gasteiger partial charge in [-0.25, -0.2) is 9.80 Å². The third-order valence-corrected chi connectivity index (χ3v) is 2.24. The summed E-state index contributed by atoms with van der Waals surface area (Å²) in [7, 11) is 5.00. The van der Waals surface area contributed by atoms with Crippen molar-refractivity contribution in [2.45, 2.75) is 6.92 Å². The number of amidine groups is 2. The molecule has 1 aromatic rings. The predicted molar refractivity (Wildman–Crippen MR) is 66.1 cm³/mol. The molecule has 0 unspecified atom stereocenters. The first kappa shape index (κ1) is 13.2. The molecular formula is C12H16FN3O. The van der Waals surface area contributed by atoms with Crippen LogP contribution in [0.4, 0.5) is 4.39 Å². The zero-order valence-corrected chi connectivity index (χ0v) is 10.4. The molecule has 0 aliphatic heterocycles. The second-order valence-corrected chi connectivity index (χ2v) is 3.80. The van der Waals surface area contributed by atoms with Crippen LogP contribution >= 0.6 is 0 Å². The molecule has 0 atom stereocenters. The molecule has 1 aromatic carbocycles. The number of hydrogen-bond acceptors (Lipinski definition) is 2. The van der Waals surface area contributed by atoms with Crippen molar-refractivity contribution in [3.8, 4) is 0 Å². The summed E-state index contributed by atoms with van der Waals surface area (Å²) in [5.41, 5.74) is 1.29. The van der Waals surface area contributed by atoms with Crippen LogP contribution in [0.2, 0.25) is 0 Å². The molecular weight excluding hydrogens is 221 g/mol. The summed E-state index contributed by atoms with van der Waals surface area (Å²) in [6, 6.07) is 4.53. The number of nitrogens with zero attached hydrogens (tertiary/aromatic N) is 2. The van der Waals surface area contributed by atoms with E-state index in [1.165, 1.54) is 13.2 Å². The highest BCUT2D eigenvalue weighted by molar-refractivity contribution is 6.04. The number of hydrogen-bond donors (Lipinski definition) is 1. The molecule has 0 aliphatic carbocycles. The molecule has 92 valence electrons. The Morgan fingerprint density at radius 2 is 2.06 bits per heavy atom. The minimum absolute atomic E-state index is 0.185. The van der Waals surface area contributed by atoms with Crippen molar-refractivity contribution >= 4 is 11.9 Å². The Balaban J connectivity index is 3.19. The van der Waals surface area contributed by atoms with Gasteiger partial charge in [-0.1, -0.05) is 0 Å². The van der Waals surface area contributed by atoms with Crippen LogP contribution in [0.25, 0.3) is 0 Å². The molecule has 0 amide bonds. The average molecular weight is 237 g/mol. The summed E-state index contributed by atoms with van der Waals surface area (Å²) in [4.78, 5) is 5.77. The summed E-state index contributed by atoms with van der Waals surface area (Å²) in [6.45, 7) is 1.69. The lowest BCUT2D eigenvalue weighted by Gasteiger charge is -2.16. The zero-order chi connectivity index (χ0) is 13.0. The highest BCUT2D eigenvalue weighted by Gasteiger charge is 2.09. The van der Waals surface area contributed by atoms with E-state index in [0.29, 0.717) is 11.4 Å². The largest absolute Gasteiger partial charge is 0.467 e. The van der Waals surface area contributed by atoms with Crippen molar-refractivity contribution in [1.82, 2.24) is 4.90 Å². The Bertz CT molecular complexity index is 455. The van der Waals surface area contributed by atoms with E-state index in [9.17, 15) is 4.39 Å². The van der Waals surface area contributed by atoms with Gasteiger partial charge in [-0.3, -0.25) is 0 Å². The van der Waals surface area contributed by atoms with Gasteiger partial charge in [0, 0.05) is 19.7 Å². The van der Waals surface area contributed by atoms with Gasteiger partial charge >= 0.3 is 6.02 Å². The number of aryl methyl sites for hydroxylation is 1. The number of rotatable bonds is 1. The number of halogens is 1.